The van der Waals surface area contributed by atoms with E-state index in [4.69, 9.17) is 4.74 Å². The van der Waals surface area contributed by atoms with Crippen LogP contribution in [-0.4, -0.2) is 47.4 Å². The van der Waals surface area contributed by atoms with Gasteiger partial charge < -0.3 is 20.3 Å². The zero-order valence-corrected chi connectivity index (χ0v) is 34.1. The van der Waals surface area contributed by atoms with Crippen LogP contribution in [0.15, 0.2) is 12.2 Å². The minimum absolute atomic E-state index is 0.0336. The highest BCUT2D eigenvalue weighted by Gasteiger charge is 2.19. The van der Waals surface area contributed by atoms with Crippen LogP contribution < -0.4 is 5.32 Å². The molecule has 6 heteroatoms. The van der Waals surface area contributed by atoms with Gasteiger partial charge in [-0.2, -0.15) is 0 Å². The van der Waals surface area contributed by atoms with Gasteiger partial charge in [-0.1, -0.05) is 193 Å². The third kappa shape index (κ3) is 38.1. The molecule has 0 aliphatic heterocycles. The second-order valence-corrected chi connectivity index (χ2v) is 15.4. The maximum absolute atomic E-state index is 12.3. The van der Waals surface area contributed by atoms with Crippen molar-refractivity contribution in [3.05, 3.63) is 12.2 Å². The SMILES string of the molecule is CCCCCCCCCCCCCCCCCC(=O)OCCCCCC/C=C\CCCC(=O)NC(CO)C(O)CCCCCCCCCCCC. The maximum atomic E-state index is 12.3. The highest BCUT2D eigenvalue weighted by molar-refractivity contribution is 5.76. The van der Waals surface area contributed by atoms with Crippen LogP contribution in [0.2, 0.25) is 0 Å². The molecule has 0 aromatic heterocycles. The monoisotopic (exact) mass is 722 g/mol. The largest absolute Gasteiger partial charge is 0.466 e. The Balaban J connectivity index is 3.52. The molecule has 3 N–H and O–H groups in total. The first-order chi connectivity index (χ1) is 25.0. The average Bonchev–Trinajstić information content (AvgIpc) is 3.13. The molecule has 1 amide bonds. The van der Waals surface area contributed by atoms with Crippen molar-refractivity contribution in [2.45, 2.75) is 251 Å². The van der Waals surface area contributed by atoms with Gasteiger partial charge in [-0.15, -0.1) is 0 Å². The van der Waals surface area contributed by atoms with Crippen LogP contribution in [0, 0.1) is 0 Å². The molecule has 0 saturated heterocycles. The fourth-order valence-corrected chi connectivity index (χ4v) is 6.82. The number of carbonyl (C=O) groups excluding carboxylic acids is 2. The van der Waals surface area contributed by atoms with E-state index in [0.29, 0.717) is 25.9 Å². The number of hydrogen-bond acceptors (Lipinski definition) is 5. The maximum Gasteiger partial charge on any atom is 0.305 e. The molecule has 2 atom stereocenters. The van der Waals surface area contributed by atoms with E-state index in [9.17, 15) is 19.8 Å². The summed E-state index contributed by atoms with van der Waals surface area (Å²) in [5, 5.41) is 23.0. The first-order valence-electron chi connectivity index (χ1n) is 22.4. The molecule has 0 aromatic carbocycles. The summed E-state index contributed by atoms with van der Waals surface area (Å²) < 4.78 is 5.43. The van der Waals surface area contributed by atoms with E-state index < -0.39 is 12.1 Å². The van der Waals surface area contributed by atoms with Crippen molar-refractivity contribution < 1.29 is 24.5 Å². The van der Waals surface area contributed by atoms with Gasteiger partial charge in [0.25, 0.3) is 0 Å². The van der Waals surface area contributed by atoms with Crippen LogP contribution in [0.5, 0.6) is 0 Å². The molecule has 0 aromatic rings. The Bertz CT molecular complexity index is 757. The van der Waals surface area contributed by atoms with E-state index in [2.05, 4.69) is 31.3 Å². The van der Waals surface area contributed by atoms with Gasteiger partial charge in [-0.3, -0.25) is 9.59 Å². The van der Waals surface area contributed by atoms with Crippen LogP contribution >= 0.6 is 0 Å². The highest BCUT2D eigenvalue weighted by Crippen LogP contribution is 2.15. The van der Waals surface area contributed by atoms with Gasteiger partial charge in [0.15, 0.2) is 0 Å². The lowest BCUT2D eigenvalue weighted by atomic mass is 10.0. The summed E-state index contributed by atoms with van der Waals surface area (Å²) in [5.41, 5.74) is 0. The Morgan fingerprint density at radius 1 is 0.529 bits per heavy atom. The minimum Gasteiger partial charge on any atom is -0.466 e. The fraction of sp³-hybridized carbons (Fsp3) is 0.911. The number of ether oxygens (including phenoxy) is 1. The topological polar surface area (TPSA) is 95.9 Å². The summed E-state index contributed by atoms with van der Waals surface area (Å²) in [6.07, 6.45) is 44.6. The predicted octanol–water partition coefficient (Wildman–Crippen LogP) is 12.6. The molecular formula is C45H87NO5. The number of rotatable bonds is 41. The summed E-state index contributed by atoms with van der Waals surface area (Å²) in [5.74, 6) is -0.131. The molecule has 0 spiro atoms. The van der Waals surface area contributed by atoms with Crippen LogP contribution in [0.4, 0.5) is 0 Å². The molecule has 0 rings (SSSR count). The van der Waals surface area contributed by atoms with Gasteiger partial charge in [-0.05, 0) is 44.9 Å². The van der Waals surface area contributed by atoms with Crippen LogP contribution in [-0.2, 0) is 14.3 Å². The molecular weight excluding hydrogens is 634 g/mol. The third-order valence-corrected chi connectivity index (χ3v) is 10.3. The molecule has 6 nitrogen and oxygen atoms in total. The molecule has 0 fully saturated rings. The number of aliphatic hydroxyl groups is 2. The fourth-order valence-electron chi connectivity index (χ4n) is 6.82. The Morgan fingerprint density at radius 2 is 0.941 bits per heavy atom. The van der Waals surface area contributed by atoms with Crippen molar-refractivity contribution in [1.82, 2.24) is 5.32 Å². The Morgan fingerprint density at radius 3 is 1.43 bits per heavy atom. The summed E-state index contributed by atoms with van der Waals surface area (Å²) in [7, 11) is 0. The van der Waals surface area contributed by atoms with Crippen molar-refractivity contribution in [2.24, 2.45) is 0 Å². The first kappa shape index (κ1) is 49.6. The lowest BCUT2D eigenvalue weighted by molar-refractivity contribution is -0.143. The first-order valence-corrected chi connectivity index (χ1v) is 22.4. The van der Waals surface area contributed by atoms with Gasteiger partial charge in [0, 0.05) is 12.8 Å². The number of unbranched alkanes of at least 4 members (excludes halogenated alkanes) is 28. The zero-order chi connectivity index (χ0) is 37.3. The van der Waals surface area contributed by atoms with E-state index >= 15 is 0 Å². The number of allylic oxidation sites excluding steroid dienone is 2. The smallest absolute Gasteiger partial charge is 0.305 e. The number of carbonyl (C=O) groups is 2. The normalized spacial score (nSPS) is 12.8. The lowest BCUT2D eigenvalue weighted by Crippen LogP contribution is -2.45. The van der Waals surface area contributed by atoms with Gasteiger partial charge >= 0.3 is 5.97 Å². The molecule has 0 aliphatic carbocycles. The van der Waals surface area contributed by atoms with E-state index in [1.807, 2.05) is 0 Å². The van der Waals surface area contributed by atoms with Gasteiger partial charge in [0.2, 0.25) is 5.91 Å². The summed E-state index contributed by atoms with van der Waals surface area (Å²) in [6, 6.07) is -0.575. The van der Waals surface area contributed by atoms with E-state index in [1.54, 1.807) is 0 Å². The Labute approximate surface area is 317 Å². The summed E-state index contributed by atoms with van der Waals surface area (Å²) in [6.45, 7) is 4.84. The molecule has 0 aliphatic rings. The molecule has 0 bridgehead atoms. The van der Waals surface area contributed by atoms with Gasteiger partial charge in [0.05, 0.1) is 25.4 Å². The number of esters is 1. The van der Waals surface area contributed by atoms with Crippen molar-refractivity contribution in [3.8, 4) is 0 Å². The van der Waals surface area contributed by atoms with E-state index in [1.165, 1.54) is 135 Å². The van der Waals surface area contributed by atoms with Gasteiger partial charge in [-0.25, -0.2) is 0 Å². The predicted molar refractivity (Wildman–Crippen MR) is 218 cm³/mol. The minimum atomic E-state index is -0.691. The molecule has 302 valence electrons. The number of nitrogens with one attached hydrogen (secondary N) is 1. The van der Waals surface area contributed by atoms with Crippen LogP contribution in [0.1, 0.15) is 239 Å². The van der Waals surface area contributed by atoms with Crippen molar-refractivity contribution in [2.75, 3.05) is 13.2 Å². The average molecular weight is 722 g/mol. The van der Waals surface area contributed by atoms with Crippen molar-refractivity contribution in [3.63, 3.8) is 0 Å². The van der Waals surface area contributed by atoms with Crippen molar-refractivity contribution >= 4 is 11.9 Å². The number of amides is 1. The summed E-state index contributed by atoms with van der Waals surface area (Å²) in [4.78, 5) is 24.3. The summed E-state index contributed by atoms with van der Waals surface area (Å²) >= 11 is 0. The molecule has 0 saturated carbocycles. The zero-order valence-electron chi connectivity index (χ0n) is 34.1. The Hall–Kier alpha value is -1.40. The van der Waals surface area contributed by atoms with E-state index in [-0.39, 0.29) is 18.5 Å². The third-order valence-electron chi connectivity index (χ3n) is 10.3. The quantitative estimate of drug-likeness (QED) is 0.0332. The molecule has 51 heavy (non-hydrogen) atoms. The molecule has 0 radical (unpaired) electrons. The van der Waals surface area contributed by atoms with Crippen molar-refractivity contribution in [1.29, 1.82) is 0 Å². The highest BCUT2D eigenvalue weighted by atomic mass is 16.5. The molecule has 0 heterocycles. The molecule has 2 unspecified atom stereocenters. The number of hydrogen-bond donors (Lipinski definition) is 3. The number of aliphatic hydroxyl groups excluding tert-OH is 2. The van der Waals surface area contributed by atoms with E-state index in [0.717, 1.165) is 70.6 Å². The Kier molecular flexibility index (Phi) is 40.2. The van der Waals surface area contributed by atoms with Gasteiger partial charge in [0.1, 0.15) is 0 Å². The lowest BCUT2D eigenvalue weighted by Gasteiger charge is -2.22. The van der Waals surface area contributed by atoms with Crippen LogP contribution in [0.3, 0.4) is 0 Å². The second kappa shape index (κ2) is 41.4. The van der Waals surface area contributed by atoms with Crippen LogP contribution in [0.25, 0.3) is 0 Å². The second-order valence-electron chi connectivity index (χ2n) is 15.4. The standard InChI is InChI=1S/C45H87NO5/c1-3-5-7-9-11-13-15-16-17-18-19-23-27-31-35-39-45(50)51-40-36-32-28-24-20-22-26-30-34-38-44(49)46-42(41-47)43(48)37-33-29-25-21-14-12-10-8-6-4-2/h22,26,42-43,47-48H,3-21,23-25,27-41H2,1-2H3,(H,46,49)/b26-22-.